The summed E-state index contributed by atoms with van der Waals surface area (Å²) in [6.07, 6.45) is 1.52. The third-order valence-corrected chi connectivity index (χ3v) is 3.41. The highest BCUT2D eigenvalue weighted by Crippen LogP contribution is 2.26. The summed E-state index contributed by atoms with van der Waals surface area (Å²) in [4.78, 5) is 20.5. The van der Waals surface area contributed by atoms with Gasteiger partial charge in [0.2, 0.25) is 0 Å². The number of nitrogens with two attached hydrogens (primary N) is 1. The van der Waals surface area contributed by atoms with Gasteiger partial charge in [0.15, 0.2) is 5.13 Å². The topological polar surface area (TPSA) is 92.9 Å². The van der Waals surface area contributed by atoms with Gasteiger partial charge in [-0.25, -0.2) is 4.98 Å². The van der Waals surface area contributed by atoms with E-state index in [4.69, 9.17) is 5.84 Å². The van der Waals surface area contributed by atoms with Crippen molar-refractivity contribution in [3.8, 4) is 0 Å². The molecule has 4 N–H and O–H groups in total. The minimum absolute atomic E-state index is 0.0406. The molecule has 0 aromatic carbocycles. The maximum atomic E-state index is 12.1. The van der Waals surface area contributed by atoms with Crippen molar-refractivity contribution >= 4 is 28.1 Å². The molecule has 0 fully saturated rings. The smallest absolute Gasteiger partial charge is 0.276 e. The van der Waals surface area contributed by atoms with Crippen molar-refractivity contribution in [2.75, 3.05) is 10.7 Å². The van der Waals surface area contributed by atoms with Crippen molar-refractivity contribution in [1.82, 2.24) is 9.97 Å². The first kappa shape index (κ1) is 14.4. The first-order chi connectivity index (χ1) is 9.40. The van der Waals surface area contributed by atoms with Crippen LogP contribution in [0.25, 0.3) is 0 Å². The lowest BCUT2D eigenvalue weighted by atomic mass is 9.93. The molecular weight excluding hydrogens is 274 g/mol. The van der Waals surface area contributed by atoms with Crippen LogP contribution in [0.1, 0.15) is 37.0 Å². The number of carbonyl (C=O) groups is 1. The minimum Gasteiger partial charge on any atom is -0.324 e. The molecule has 0 unspecified atom stereocenters. The van der Waals surface area contributed by atoms with Gasteiger partial charge in [-0.2, -0.15) is 0 Å². The molecule has 2 aromatic heterocycles. The summed E-state index contributed by atoms with van der Waals surface area (Å²) < 4.78 is 0. The monoisotopic (exact) mass is 291 g/mol. The van der Waals surface area contributed by atoms with Crippen LogP contribution in [0.2, 0.25) is 0 Å². The fourth-order valence-corrected chi connectivity index (χ4v) is 2.41. The average Bonchev–Trinajstić information content (AvgIpc) is 2.87. The quantitative estimate of drug-likeness (QED) is 0.596. The van der Waals surface area contributed by atoms with Crippen molar-refractivity contribution in [3.63, 3.8) is 0 Å². The number of amides is 1. The van der Waals surface area contributed by atoms with Crippen LogP contribution in [-0.2, 0) is 5.41 Å². The maximum absolute atomic E-state index is 12.1. The molecule has 0 atom stereocenters. The van der Waals surface area contributed by atoms with Gasteiger partial charge >= 0.3 is 0 Å². The fraction of sp³-hybridized carbons (Fsp3) is 0.308. The van der Waals surface area contributed by atoms with Crippen molar-refractivity contribution in [3.05, 3.63) is 35.1 Å². The number of nitrogens with zero attached hydrogens (tertiary/aromatic N) is 2. The number of carbonyl (C=O) groups excluding carboxylic acids is 1. The Bertz CT molecular complexity index is 617. The number of thiazole rings is 1. The Kier molecular flexibility index (Phi) is 4.01. The molecule has 7 heteroatoms. The second-order valence-corrected chi connectivity index (χ2v) is 6.17. The maximum Gasteiger partial charge on any atom is 0.276 e. The van der Waals surface area contributed by atoms with Gasteiger partial charge in [-0.3, -0.25) is 20.9 Å². The van der Waals surface area contributed by atoms with E-state index in [9.17, 15) is 4.79 Å². The molecular formula is C13H17N5OS. The van der Waals surface area contributed by atoms with Crippen LogP contribution in [0.3, 0.4) is 0 Å². The normalized spacial score (nSPS) is 11.2. The lowest BCUT2D eigenvalue weighted by Crippen LogP contribution is -2.16. The van der Waals surface area contributed by atoms with Crippen LogP contribution in [0.5, 0.6) is 0 Å². The minimum atomic E-state index is -0.308. The van der Waals surface area contributed by atoms with Gasteiger partial charge in [0.1, 0.15) is 5.69 Å². The Hall–Kier alpha value is -1.99. The Balaban J connectivity index is 2.13. The van der Waals surface area contributed by atoms with Gasteiger partial charge in [-0.05, 0) is 12.1 Å². The Morgan fingerprint density at radius 2 is 2.15 bits per heavy atom. The number of aromatic nitrogens is 2. The van der Waals surface area contributed by atoms with Crippen molar-refractivity contribution in [2.24, 2.45) is 5.84 Å². The molecule has 20 heavy (non-hydrogen) atoms. The van der Waals surface area contributed by atoms with Gasteiger partial charge in [-0.15, -0.1) is 11.3 Å². The third-order valence-electron chi connectivity index (χ3n) is 2.65. The summed E-state index contributed by atoms with van der Waals surface area (Å²) in [5.74, 6) is 4.99. The highest BCUT2D eigenvalue weighted by Gasteiger charge is 2.18. The summed E-state index contributed by atoms with van der Waals surface area (Å²) in [6, 6.07) is 3.26. The molecule has 0 aliphatic rings. The van der Waals surface area contributed by atoms with Gasteiger partial charge in [0, 0.05) is 17.0 Å². The number of hydrogen-bond donors (Lipinski definition) is 3. The first-order valence-corrected chi connectivity index (χ1v) is 6.98. The van der Waals surface area contributed by atoms with E-state index in [0.29, 0.717) is 10.8 Å². The summed E-state index contributed by atoms with van der Waals surface area (Å²) in [5, 5.41) is 5.25. The zero-order valence-corrected chi connectivity index (χ0v) is 12.4. The van der Waals surface area contributed by atoms with Crippen LogP contribution in [0.4, 0.5) is 10.8 Å². The molecule has 0 saturated carbocycles. The summed E-state index contributed by atoms with van der Waals surface area (Å²) in [7, 11) is 0. The Morgan fingerprint density at radius 3 is 2.75 bits per heavy atom. The number of rotatable bonds is 3. The summed E-state index contributed by atoms with van der Waals surface area (Å²) >= 11 is 1.40. The van der Waals surface area contributed by atoms with Crippen LogP contribution >= 0.6 is 11.3 Å². The number of pyridine rings is 1. The SMILES string of the molecule is CC(C)(C)c1csc(NC(=O)c2cc(NN)ccn2)n1. The van der Waals surface area contributed by atoms with E-state index in [1.807, 2.05) is 5.38 Å². The molecule has 0 spiro atoms. The predicted octanol–water partition coefficient (Wildman–Crippen LogP) is 2.37. The van der Waals surface area contributed by atoms with E-state index in [0.717, 1.165) is 5.69 Å². The fourth-order valence-electron chi connectivity index (χ4n) is 1.48. The second kappa shape index (κ2) is 5.56. The summed E-state index contributed by atoms with van der Waals surface area (Å²) in [5.41, 5.74) is 4.29. The van der Waals surface area contributed by atoms with E-state index in [-0.39, 0.29) is 17.0 Å². The molecule has 6 nitrogen and oxygen atoms in total. The molecule has 2 heterocycles. The molecule has 1 amide bonds. The van der Waals surface area contributed by atoms with Crippen molar-refractivity contribution in [1.29, 1.82) is 0 Å². The molecule has 0 aliphatic heterocycles. The van der Waals surface area contributed by atoms with E-state index in [1.54, 1.807) is 12.1 Å². The van der Waals surface area contributed by atoms with Crippen molar-refractivity contribution in [2.45, 2.75) is 26.2 Å². The largest absolute Gasteiger partial charge is 0.324 e. The predicted molar refractivity (Wildman–Crippen MR) is 80.8 cm³/mol. The van der Waals surface area contributed by atoms with Crippen LogP contribution in [0, 0.1) is 0 Å². The average molecular weight is 291 g/mol. The van der Waals surface area contributed by atoms with Gasteiger partial charge in [0.05, 0.1) is 11.4 Å². The van der Waals surface area contributed by atoms with E-state index in [2.05, 4.69) is 41.5 Å². The molecule has 0 bridgehead atoms. The van der Waals surface area contributed by atoms with Gasteiger partial charge < -0.3 is 5.43 Å². The number of hydrazine groups is 1. The number of nitrogens with one attached hydrogen (secondary N) is 2. The molecule has 0 saturated heterocycles. The van der Waals surface area contributed by atoms with Crippen molar-refractivity contribution < 1.29 is 4.79 Å². The van der Waals surface area contributed by atoms with E-state index >= 15 is 0 Å². The van der Waals surface area contributed by atoms with Gasteiger partial charge in [0.25, 0.3) is 5.91 Å². The van der Waals surface area contributed by atoms with Crippen LogP contribution < -0.4 is 16.6 Å². The third kappa shape index (κ3) is 3.31. The van der Waals surface area contributed by atoms with Crippen LogP contribution in [0.15, 0.2) is 23.7 Å². The lowest BCUT2D eigenvalue weighted by molar-refractivity contribution is 0.102. The zero-order valence-electron chi connectivity index (χ0n) is 11.6. The molecule has 106 valence electrons. The second-order valence-electron chi connectivity index (χ2n) is 5.32. The summed E-state index contributed by atoms with van der Waals surface area (Å²) in [6.45, 7) is 6.23. The highest BCUT2D eigenvalue weighted by molar-refractivity contribution is 7.14. The number of anilines is 2. The zero-order chi connectivity index (χ0) is 14.8. The molecule has 2 rings (SSSR count). The molecule has 2 aromatic rings. The number of hydrogen-bond acceptors (Lipinski definition) is 6. The molecule has 0 radical (unpaired) electrons. The standard InChI is InChI=1S/C13H17N5OS/c1-13(2,3)10-7-20-12(16-10)17-11(19)9-6-8(18-14)4-5-15-9/h4-7H,14H2,1-3H3,(H,15,18)(H,16,17,19). The Labute approximate surface area is 121 Å². The highest BCUT2D eigenvalue weighted by atomic mass is 32.1. The van der Waals surface area contributed by atoms with Gasteiger partial charge in [-0.1, -0.05) is 20.8 Å². The van der Waals surface area contributed by atoms with E-state index < -0.39 is 0 Å². The lowest BCUT2D eigenvalue weighted by Gasteiger charge is -2.14. The number of nitrogen functional groups attached to an aromatic ring is 1. The first-order valence-electron chi connectivity index (χ1n) is 6.10. The Morgan fingerprint density at radius 1 is 1.40 bits per heavy atom. The van der Waals surface area contributed by atoms with Crippen LogP contribution in [-0.4, -0.2) is 15.9 Å². The molecule has 0 aliphatic carbocycles. The van der Waals surface area contributed by atoms with E-state index in [1.165, 1.54) is 17.5 Å².